The number of hydrogen-bond donors (Lipinski definition) is 1. The van der Waals surface area contributed by atoms with Crippen LogP contribution in [0.3, 0.4) is 0 Å². The summed E-state index contributed by atoms with van der Waals surface area (Å²) in [5.41, 5.74) is 5.41. The maximum Gasteiger partial charge on any atom is 0.168 e. The van der Waals surface area contributed by atoms with Gasteiger partial charge in [-0.3, -0.25) is 0 Å². The highest BCUT2D eigenvalue weighted by molar-refractivity contribution is 5.48. The molecular weight excluding hydrogens is 238 g/mol. The summed E-state index contributed by atoms with van der Waals surface area (Å²) in [7, 11) is 3.94. The van der Waals surface area contributed by atoms with Crippen molar-refractivity contribution >= 4 is 11.6 Å². The van der Waals surface area contributed by atoms with E-state index in [1.165, 1.54) is 0 Å². The minimum atomic E-state index is -0.806. The molecule has 0 spiro atoms. The van der Waals surface area contributed by atoms with Crippen LogP contribution in [0.4, 0.5) is 20.4 Å². The highest BCUT2D eigenvalue weighted by Crippen LogP contribution is 2.28. The molecule has 0 aliphatic carbocycles. The summed E-state index contributed by atoms with van der Waals surface area (Å²) in [6.45, 7) is 1.55. The van der Waals surface area contributed by atoms with Gasteiger partial charge in [-0.15, -0.1) is 0 Å². The van der Waals surface area contributed by atoms with Gasteiger partial charge < -0.3 is 15.5 Å². The van der Waals surface area contributed by atoms with Crippen LogP contribution in [0.1, 0.15) is 12.8 Å². The number of anilines is 2. The molecule has 1 unspecified atom stereocenters. The molecule has 1 aromatic heterocycles. The Hall–Kier alpha value is -1.43. The second-order valence-corrected chi connectivity index (χ2v) is 4.91. The largest absolute Gasteiger partial charge is 0.381 e. The zero-order valence-electron chi connectivity index (χ0n) is 10.7. The summed E-state index contributed by atoms with van der Waals surface area (Å²) in [4.78, 5) is 7.78. The standard InChI is InChI=1S/C12H18F2N4/c1-17(2)7-8-4-3-5-18(8)12-10(14)6-9(13)11(15)16-12/h6,8H,3-5,7H2,1-2H3,(H2,15,16). The topological polar surface area (TPSA) is 45.4 Å². The van der Waals surface area contributed by atoms with Gasteiger partial charge in [-0.1, -0.05) is 0 Å². The second kappa shape index (κ2) is 5.06. The normalized spacial score (nSPS) is 19.8. The third-order valence-corrected chi connectivity index (χ3v) is 3.16. The molecule has 2 heterocycles. The van der Waals surface area contributed by atoms with Crippen molar-refractivity contribution in [1.29, 1.82) is 0 Å². The first-order chi connectivity index (χ1) is 8.49. The maximum absolute atomic E-state index is 13.8. The lowest BCUT2D eigenvalue weighted by Gasteiger charge is -2.28. The first-order valence-corrected chi connectivity index (χ1v) is 6.02. The summed E-state index contributed by atoms with van der Waals surface area (Å²) in [6.07, 6.45) is 1.97. The zero-order valence-corrected chi connectivity index (χ0v) is 10.7. The fourth-order valence-corrected chi connectivity index (χ4v) is 2.40. The molecule has 0 bridgehead atoms. The van der Waals surface area contributed by atoms with Crippen LogP contribution < -0.4 is 10.6 Å². The number of pyridine rings is 1. The molecule has 0 saturated carbocycles. The van der Waals surface area contributed by atoms with Gasteiger partial charge in [0.15, 0.2) is 23.3 Å². The lowest BCUT2D eigenvalue weighted by molar-refractivity contribution is 0.370. The van der Waals surface area contributed by atoms with Crippen molar-refractivity contribution in [2.45, 2.75) is 18.9 Å². The number of rotatable bonds is 3. The summed E-state index contributed by atoms with van der Waals surface area (Å²) >= 11 is 0. The number of likely N-dealkylation sites (N-methyl/N-ethyl adjacent to an activating group) is 1. The average Bonchev–Trinajstić information content (AvgIpc) is 2.70. The van der Waals surface area contributed by atoms with Crippen molar-refractivity contribution in [2.75, 3.05) is 37.8 Å². The number of nitrogens with two attached hydrogens (primary N) is 1. The van der Waals surface area contributed by atoms with Crippen LogP contribution in [0.25, 0.3) is 0 Å². The predicted molar refractivity (Wildman–Crippen MR) is 67.5 cm³/mol. The first kappa shape index (κ1) is 13.0. The van der Waals surface area contributed by atoms with Gasteiger partial charge in [-0.05, 0) is 26.9 Å². The quantitative estimate of drug-likeness (QED) is 0.889. The van der Waals surface area contributed by atoms with Gasteiger partial charge in [0, 0.05) is 25.2 Å². The molecule has 1 aromatic rings. The van der Waals surface area contributed by atoms with Crippen molar-refractivity contribution < 1.29 is 8.78 Å². The molecule has 1 saturated heterocycles. The fraction of sp³-hybridized carbons (Fsp3) is 0.583. The van der Waals surface area contributed by atoms with Crippen LogP contribution in [0.15, 0.2) is 6.07 Å². The Labute approximate surface area is 105 Å². The van der Waals surface area contributed by atoms with Gasteiger partial charge in [0.1, 0.15) is 0 Å². The summed E-state index contributed by atoms with van der Waals surface area (Å²) < 4.78 is 26.9. The predicted octanol–water partition coefficient (Wildman–Crippen LogP) is 1.47. The Bertz CT molecular complexity index is 436. The number of halogens is 2. The molecule has 1 fully saturated rings. The molecule has 1 atom stereocenters. The number of nitrogens with zero attached hydrogens (tertiary/aromatic N) is 3. The minimum absolute atomic E-state index is 0.165. The smallest absolute Gasteiger partial charge is 0.168 e. The van der Waals surface area contributed by atoms with Gasteiger partial charge in [0.05, 0.1) is 0 Å². The highest BCUT2D eigenvalue weighted by Gasteiger charge is 2.28. The van der Waals surface area contributed by atoms with Crippen LogP contribution in [-0.2, 0) is 0 Å². The van der Waals surface area contributed by atoms with E-state index in [1.54, 1.807) is 0 Å². The Morgan fingerprint density at radius 1 is 1.44 bits per heavy atom. The van der Waals surface area contributed by atoms with Gasteiger partial charge in [0.25, 0.3) is 0 Å². The lowest BCUT2D eigenvalue weighted by atomic mass is 10.2. The summed E-state index contributed by atoms with van der Waals surface area (Å²) in [6, 6.07) is 1.01. The highest BCUT2D eigenvalue weighted by atomic mass is 19.1. The molecule has 0 aromatic carbocycles. The summed E-state index contributed by atoms with van der Waals surface area (Å²) in [5, 5.41) is 0. The molecule has 1 aliphatic rings. The van der Waals surface area contributed by atoms with Gasteiger partial charge in [-0.2, -0.15) is 0 Å². The molecule has 6 heteroatoms. The third kappa shape index (κ3) is 2.53. The molecule has 1 aliphatic heterocycles. The average molecular weight is 256 g/mol. The minimum Gasteiger partial charge on any atom is -0.381 e. The molecule has 0 amide bonds. The van der Waals surface area contributed by atoms with E-state index in [1.807, 2.05) is 23.9 Å². The lowest BCUT2D eigenvalue weighted by Crippen LogP contribution is -2.38. The zero-order chi connectivity index (χ0) is 13.3. The molecule has 2 rings (SSSR count). The van der Waals surface area contributed by atoms with E-state index < -0.39 is 11.6 Å². The van der Waals surface area contributed by atoms with Crippen molar-refractivity contribution in [3.8, 4) is 0 Å². The molecule has 100 valence electrons. The number of aromatic nitrogens is 1. The molecule has 0 radical (unpaired) electrons. The molecule has 18 heavy (non-hydrogen) atoms. The van der Waals surface area contributed by atoms with E-state index in [4.69, 9.17) is 5.73 Å². The Kier molecular flexibility index (Phi) is 3.65. The van der Waals surface area contributed by atoms with Gasteiger partial charge in [-0.25, -0.2) is 13.8 Å². The van der Waals surface area contributed by atoms with E-state index in [9.17, 15) is 8.78 Å². The SMILES string of the molecule is CN(C)CC1CCCN1c1nc(N)c(F)cc1F. The van der Waals surface area contributed by atoms with E-state index in [0.717, 1.165) is 32.0 Å². The molecule has 2 N–H and O–H groups in total. The Morgan fingerprint density at radius 2 is 2.17 bits per heavy atom. The van der Waals surface area contributed by atoms with Gasteiger partial charge in [0.2, 0.25) is 0 Å². The van der Waals surface area contributed by atoms with Crippen LogP contribution in [0, 0.1) is 11.6 Å². The maximum atomic E-state index is 13.8. The van der Waals surface area contributed by atoms with Crippen molar-refractivity contribution in [3.63, 3.8) is 0 Å². The van der Waals surface area contributed by atoms with Crippen LogP contribution in [-0.4, -0.2) is 43.1 Å². The molecule has 4 nitrogen and oxygen atoms in total. The molecular formula is C12H18F2N4. The third-order valence-electron chi connectivity index (χ3n) is 3.16. The number of nitrogen functional groups attached to an aromatic ring is 1. The first-order valence-electron chi connectivity index (χ1n) is 6.02. The van der Waals surface area contributed by atoms with Crippen molar-refractivity contribution in [1.82, 2.24) is 9.88 Å². The van der Waals surface area contributed by atoms with Crippen molar-refractivity contribution in [3.05, 3.63) is 17.7 Å². The van der Waals surface area contributed by atoms with Gasteiger partial charge >= 0.3 is 0 Å². The van der Waals surface area contributed by atoms with E-state index in [-0.39, 0.29) is 17.7 Å². The van der Waals surface area contributed by atoms with Crippen LogP contribution in [0.5, 0.6) is 0 Å². The Morgan fingerprint density at radius 3 is 2.83 bits per heavy atom. The van der Waals surface area contributed by atoms with Crippen molar-refractivity contribution in [2.24, 2.45) is 0 Å². The van der Waals surface area contributed by atoms with E-state index >= 15 is 0 Å². The van der Waals surface area contributed by atoms with Crippen LogP contribution >= 0.6 is 0 Å². The Balaban J connectivity index is 2.27. The van der Waals surface area contributed by atoms with Crippen LogP contribution in [0.2, 0.25) is 0 Å². The fourth-order valence-electron chi connectivity index (χ4n) is 2.40. The second-order valence-electron chi connectivity index (χ2n) is 4.91. The summed E-state index contributed by atoms with van der Waals surface area (Å²) in [5.74, 6) is -1.54. The number of hydrogen-bond acceptors (Lipinski definition) is 4. The monoisotopic (exact) mass is 256 g/mol. The van der Waals surface area contributed by atoms with E-state index in [2.05, 4.69) is 4.98 Å². The van der Waals surface area contributed by atoms with E-state index in [0.29, 0.717) is 0 Å².